The van der Waals surface area contributed by atoms with Crippen molar-refractivity contribution >= 4 is 29.3 Å². The molecule has 1 amide bonds. The Morgan fingerprint density at radius 2 is 1.79 bits per heavy atom. The van der Waals surface area contributed by atoms with Crippen LogP contribution in [0.25, 0.3) is 0 Å². The van der Waals surface area contributed by atoms with E-state index in [1.807, 2.05) is 38.1 Å². The summed E-state index contributed by atoms with van der Waals surface area (Å²) in [6.07, 6.45) is 0.777. The van der Waals surface area contributed by atoms with Crippen LogP contribution in [0.1, 0.15) is 43.0 Å². The lowest BCUT2D eigenvalue weighted by molar-refractivity contribution is -0.121. The molecule has 0 radical (unpaired) electrons. The minimum absolute atomic E-state index is 0.00309. The van der Waals surface area contributed by atoms with Gasteiger partial charge in [-0.3, -0.25) is 4.79 Å². The molecule has 2 nitrogen and oxygen atoms in total. The van der Waals surface area contributed by atoms with E-state index in [0.717, 1.165) is 16.9 Å². The molecule has 2 aromatic rings. The maximum Gasteiger partial charge on any atom is 0.233 e. The fraction of sp³-hybridized carbons (Fsp3) is 0.350. The van der Waals surface area contributed by atoms with Gasteiger partial charge in [-0.2, -0.15) is 0 Å². The largest absolute Gasteiger partial charge is 0.349 e. The SMILES string of the molecule is CC[C@H](Sc1ccc(Cl)cc1)C(=O)N[C@H](C)c1ccc(C)c(C)c1. The lowest BCUT2D eigenvalue weighted by Gasteiger charge is -2.20. The molecule has 0 aliphatic rings. The van der Waals surface area contributed by atoms with Crippen molar-refractivity contribution in [3.63, 3.8) is 0 Å². The van der Waals surface area contributed by atoms with Gasteiger partial charge in [0.05, 0.1) is 11.3 Å². The standard InChI is InChI=1S/C20H24ClNOS/c1-5-19(24-18-10-8-17(21)9-11-18)20(23)22-15(4)16-7-6-13(2)14(3)12-16/h6-12,15,19H,5H2,1-4H3,(H,22,23)/t15-,19+/m1/s1. The second-order valence-electron chi connectivity index (χ2n) is 6.04. The van der Waals surface area contributed by atoms with Crippen molar-refractivity contribution < 1.29 is 4.79 Å². The first-order chi connectivity index (χ1) is 11.4. The Hall–Kier alpha value is -1.45. The number of amides is 1. The molecular weight excluding hydrogens is 338 g/mol. The third kappa shape index (κ3) is 5.02. The number of nitrogens with one attached hydrogen (secondary N) is 1. The lowest BCUT2D eigenvalue weighted by Crippen LogP contribution is -2.34. The number of rotatable bonds is 6. The number of thioether (sulfide) groups is 1. The first-order valence-electron chi connectivity index (χ1n) is 8.20. The summed E-state index contributed by atoms with van der Waals surface area (Å²) in [6.45, 7) is 8.26. The van der Waals surface area contributed by atoms with Gasteiger partial charge >= 0.3 is 0 Å². The van der Waals surface area contributed by atoms with E-state index in [9.17, 15) is 4.79 Å². The van der Waals surface area contributed by atoms with Gasteiger partial charge in [-0.15, -0.1) is 11.8 Å². The fourth-order valence-corrected chi connectivity index (χ4v) is 3.51. The van der Waals surface area contributed by atoms with Crippen LogP contribution in [-0.2, 0) is 4.79 Å². The van der Waals surface area contributed by atoms with Crippen molar-refractivity contribution in [1.82, 2.24) is 5.32 Å². The zero-order valence-corrected chi connectivity index (χ0v) is 16.2. The Bertz CT molecular complexity index is 699. The number of aryl methyl sites for hydroxylation is 2. The van der Waals surface area contributed by atoms with Crippen LogP contribution in [0.3, 0.4) is 0 Å². The highest BCUT2D eigenvalue weighted by Crippen LogP contribution is 2.27. The van der Waals surface area contributed by atoms with Crippen LogP contribution in [0.4, 0.5) is 0 Å². The van der Waals surface area contributed by atoms with Crippen molar-refractivity contribution in [1.29, 1.82) is 0 Å². The van der Waals surface area contributed by atoms with Crippen molar-refractivity contribution in [2.45, 2.75) is 50.3 Å². The molecule has 24 heavy (non-hydrogen) atoms. The number of hydrogen-bond donors (Lipinski definition) is 1. The molecule has 0 aliphatic heterocycles. The third-order valence-electron chi connectivity index (χ3n) is 4.14. The molecule has 1 N–H and O–H groups in total. The van der Waals surface area contributed by atoms with Crippen LogP contribution in [0.15, 0.2) is 47.4 Å². The molecule has 0 spiro atoms. The zero-order valence-electron chi connectivity index (χ0n) is 14.6. The highest BCUT2D eigenvalue weighted by atomic mass is 35.5. The van der Waals surface area contributed by atoms with Crippen LogP contribution >= 0.6 is 23.4 Å². The van der Waals surface area contributed by atoms with E-state index < -0.39 is 0 Å². The number of hydrogen-bond acceptors (Lipinski definition) is 2. The molecule has 2 aromatic carbocycles. The van der Waals surface area contributed by atoms with Crippen LogP contribution in [0.5, 0.6) is 0 Å². The minimum atomic E-state index is -0.111. The Labute approximate surface area is 154 Å². The highest BCUT2D eigenvalue weighted by molar-refractivity contribution is 8.00. The summed E-state index contributed by atoms with van der Waals surface area (Å²) in [4.78, 5) is 13.7. The average molecular weight is 362 g/mol. The van der Waals surface area contributed by atoms with Gasteiger partial charge in [0.15, 0.2) is 0 Å². The second-order valence-corrected chi connectivity index (χ2v) is 7.76. The molecule has 0 heterocycles. The van der Waals surface area contributed by atoms with Crippen molar-refractivity contribution in [2.75, 3.05) is 0 Å². The van der Waals surface area contributed by atoms with Crippen LogP contribution in [0.2, 0.25) is 5.02 Å². The van der Waals surface area contributed by atoms with E-state index in [2.05, 4.69) is 37.4 Å². The maximum absolute atomic E-state index is 12.6. The molecule has 0 bridgehead atoms. The van der Waals surface area contributed by atoms with Gasteiger partial charge in [0, 0.05) is 9.92 Å². The molecule has 2 rings (SSSR count). The number of halogens is 1. The van der Waals surface area contributed by atoms with Crippen LogP contribution in [-0.4, -0.2) is 11.2 Å². The number of benzene rings is 2. The molecule has 0 aromatic heterocycles. The van der Waals surface area contributed by atoms with E-state index in [1.54, 1.807) is 11.8 Å². The van der Waals surface area contributed by atoms with E-state index in [1.165, 1.54) is 11.1 Å². The number of carbonyl (C=O) groups excluding carboxylic acids is 1. The van der Waals surface area contributed by atoms with E-state index in [0.29, 0.717) is 5.02 Å². The predicted molar refractivity (Wildman–Crippen MR) is 104 cm³/mol. The molecule has 0 saturated carbocycles. The quantitative estimate of drug-likeness (QED) is 0.668. The minimum Gasteiger partial charge on any atom is -0.349 e. The van der Waals surface area contributed by atoms with Gasteiger partial charge in [0.25, 0.3) is 0 Å². The molecule has 0 saturated heterocycles. The summed E-state index contributed by atoms with van der Waals surface area (Å²) < 4.78 is 0. The predicted octanol–water partition coefficient (Wildman–Crippen LogP) is 5.70. The molecule has 4 heteroatoms. The lowest BCUT2D eigenvalue weighted by atomic mass is 10.0. The monoisotopic (exact) mass is 361 g/mol. The molecular formula is C20H24ClNOS. The van der Waals surface area contributed by atoms with Gasteiger partial charge in [0.2, 0.25) is 5.91 Å². The zero-order chi connectivity index (χ0) is 17.7. The maximum atomic E-state index is 12.6. The summed E-state index contributed by atoms with van der Waals surface area (Å²) >= 11 is 7.49. The van der Waals surface area contributed by atoms with Crippen molar-refractivity contribution in [3.8, 4) is 0 Å². The third-order valence-corrected chi connectivity index (χ3v) is 5.77. The Kier molecular flexibility index (Phi) is 6.76. The van der Waals surface area contributed by atoms with Crippen molar-refractivity contribution in [3.05, 3.63) is 64.2 Å². The fourth-order valence-electron chi connectivity index (χ4n) is 2.42. The normalized spacial score (nSPS) is 13.4. The van der Waals surface area contributed by atoms with Gasteiger partial charge in [-0.05, 0) is 68.1 Å². The smallest absolute Gasteiger partial charge is 0.233 e. The Morgan fingerprint density at radius 1 is 1.12 bits per heavy atom. The van der Waals surface area contributed by atoms with Crippen LogP contribution < -0.4 is 5.32 Å². The average Bonchev–Trinajstić information content (AvgIpc) is 2.56. The molecule has 0 unspecified atom stereocenters. The van der Waals surface area contributed by atoms with E-state index in [-0.39, 0.29) is 17.2 Å². The summed E-state index contributed by atoms with van der Waals surface area (Å²) in [6, 6.07) is 13.9. The summed E-state index contributed by atoms with van der Waals surface area (Å²) in [5, 5.41) is 3.74. The van der Waals surface area contributed by atoms with E-state index >= 15 is 0 Å². The van der Waals surface area contributed by atoms with E-state index in [4.69, 9.17) is 11.6 Å². The first kappa shape index (κ1) is 18.9. The van der Waals surface area contributed by atoms with Gasteiger partial charge in [0.1, 0.15) is 0 Å². The molecule has 0 fully saturated rings. The summed E-state index contributed by atoms with van der Waals surface area (Å²) in [5.41, 5.74) is 3.65. The highest BCUT2D eigenvalue weighted by Gasteiger charge is 2.20. The Balaban J connectivity index is 2.02. The molecule has 128 valence electrons. The first-order valence-corrected chi connectivity index (χ1v) is 9.46. The second kappa shape index (κ2) is 8.59. The molecule has 2 atom stereocenters. The molecule has 0 aliphatic carbocycles. The van der Waals surface area contributed by atoms with Gasteiger partial charge < -0.3 is 5.32 Å². The van der Waals surface area contributed by atoms with Gasteiger partial charge in [-0.25, -0.2) is 0 Å². The van der Waals surface area contributed by atoms with Crippen LogP contribution in [0, 0.1) is 13.8 Å². The summed E-state index contributed by atoms with van der Waals surface area (Å²) in [5.74, 6) is 0.0724. The van der Waals surface area contributed by atoms with Crippen molar-refractivity contribution in [2.24, 2.45) is 0 Å². The van der Waals surface area contributed by atoms with Gasteiger partial charge in [-0.1, -0.05) is 36.7 Å². The Morgan fingerprint density at radius 3 is 2.38 bits per heavy atom. The summed E-state index contributed by atoms with van der Waals surface area (Å²) in [7, 11) is 0. The topological polar surface area (TPSA) is 29.1 Å². The number of carbonyl (C=O) groups is 1.